The Morgan fingerprint density at radius 2 is 2.21 bits per heavy atom. The third kappa shape index (κ3) is 1.05. The van der Waals surface area contributed by atoms with Crippen molar-refractivity contribution < 1.29 is 4.39 Å². The number of nitrogens with zero attached hydrogens (tertiary/aromatic N) is 2. The molecule has 3 heteroatoms. The number of halogens is 1. The molecular formula is C11H11FN2. The maximum absolute atomic E-state index is 12.9. The summed E-state index contributed by atoms with van der Waals surface area (Å²) in [6.07, 6.45) is 2.45. The van der Waals surface area contributed by atoms with Gasteiger partial charge in [0.25, 0.3) is 0 Å². The number of rotatable bonds is 1. The second-order valence-corrected chi connectivity index (χ2v) is 3.89. The standard InChI is InChI=1S/C11H11FN2/c1-7-13-10-6-8(12)2-5-11(10)14(7)9-3-4-9/h2,5-6,9H,3-4H2,1H3. The summed E-state index contributed by atoms with van der Waals surface area (Å²) >= 11 is 0. The highest BCUT2D eigenvalue weighted by Gasteiger charge is 2.26. The zero-order chi connectivity index (χ0) is 9.71. The molecule has 1 aliphatic rings. The first-order valence-corrected chi connectivity index (χ1v) is 4.90. The Bertz CT molecular complexity index is 497. The number of hydrogen-bond acceptors (Lipinski definition) is 1. The van der Waals surface area contributed by atoms with E-state index in [0.717, 1.165) is 16.9 Å². The van der Waals surface area contributed by atoms with Gasteiger partial charge in [-0.15, -0.1) is 0 Å². The maximum Gasteiger partial charge on any atom is 0.125 e. The molecule has 0 bridgehead atoms. The summed E-state index contributed by atoms with van der Waals surface area (Å²) < 4.78 is 15.2. The average Bonchev–Trinajstić information content (AvgIpc) is 2.89. The lowest BCUT2D eigenvalue weighted by Gasteiger charge is -2.02. The van der Waals surface area contributed by atoms with Crippen LogP contribution in [0.1, 0.15) is 24.7 Å². The SMILES string of the molecule is Cc1nc2cc(F)ccc2n1C1CC1. The first kappa shape index (κ1) is 7.97. The van der Waals surface area contributed by atoms with Crippen LogP contribution < -0.4 is 0 Å². The minimum atomic E-state index is -0.210. The molecule has 2 nitrogen and oxygen atoms in total. The molecule has 0 spiro atoms. The van der Waals surface area contributed by atoms with Crippen molar-refractivity contribution in [3.05, 3.63) is 29.8 Å². The van der Waals surface area contributed by atoms with E-state index in [9.17, 15) is 4.39 Å². The summed E-state index contributed by atoms with van der Waals surface area (Å²) in [7, 11) is 0. The van der Waals surface area contributed by atoms with Crippen molar-refractivity contribution in [3.8, 4) is 0 Å². The number of benzene rings is 1. The molecule has 0 N–H and O–H groups in total. The third-order valence-electron chi connectivity index (χ3n) is 2.74. The Kier molecular flexibility index (Phi) is 1.46. The normalized spacial score (nSPS) is 16.4. The van der Waals surface area contributed by atoms with Gasteiger partial charge in [-0.3, -0.25) is 0 Å². The largest absolute Gasteiger partial charge is 0.325 e. The van der Waals surface area contributed by atoms with E-state index < -0.39 is 0 Å². The van der Waals surface area contributed by atoms with Crippen LogP contribution in [0, 0.1) is 12.7 Å². The molecule has 3 rings (SSSR count). The van der Waals surface area contributed by atoms with Gasteiger partial charge in [-0.1, -0.05) is 0 Å². The molecule has 2 aromatic rings. The van der Waals surface area contributed by atoms with Gasteiger partial charge in [-0.2, -0.15) is 0 Å². The molecule has 1 aromatic carbocycles. The Balaban J connectivity index is 2.32. The van der Waals surface area contributed by atoms with Crippen molar-refractivity contribution >= 4 is 11.0 Å². The first-order chi connectivity index (χ1) is 6.75. The molecule has 1 saturated carbocycles. The predicted molar refractivity (Wildman–Crippen MR) is 52.7 cm³/mol. The van der Waals surface area contributed by atoms with Crippen molar-refractivity contribution in [1.29, 1.82) is 0 Å². The van der Waals surface area contributed by atoms with Gasteiger partial charge in [0, 0.05) is 12.1 Å². The van der Waals surface area contributed by atoms with Gasteiger partial charge in [-0.05, 0) is 31.9 Å². The van der Waals surface area contributed by atoms with Gasteiger partial charge < -0.3 is 4.57 Å². The topological polar surface area (TPSA) is 17.8 Å². The summed E-state index contributed by atoms with van der Waals surface area (Å²) in [6.45, 7) is 1.98. The molecule has 0 atom stereocenters. The fourth-order valence-corrected chi connectivity index (χ4v) is 1.99. The van der Waals surface area contributed by atoms with E-state index in [-0.39, 0.29) is 5.82 Å². The van der Waals surface area contributed by atoms with Crippen molar-refractivity contribution in [3.63, 3.8) is 0 Å². The molecule has 1 aromatic heterocycles. The molecule has 0 saturated heterocycles. The van der Waals surface area contributed by atoms with Crippen LogP contribution in [0.4, 0.5) is 4.39 Å². The summed E-state index contributed by atoms with van der Waals surface area (Å²) in [6, 6.07) is 5.43. The number of hydrogen-bond donors (Lipinski definition) is 0. The van der Waals surface area contributed by atoms with Gasteiger partial charge in [0.15, 0.2) is 0 Å². The smallest absolute Gasteiger partial charge is 0.125 e. The van der Waals surface area contributed by atoms with Gasteiger partial charge in [0.2, 0.25) is 0 Å². The minimum absolute atomic E-state index is 0.210. The highest BCUT2D eigenvalue weighted by Crippen LogP contribution is 2.38. The Hall–Kier alpha value is -1.38. The van der Waals surface area contributed by atoms with Crippen LogP contribution in [0.15, 0.2) is 18.2 Å². The fourth-order valence-electron chi connectivity index (χ4n) is 1.99. The minimum Gasteiger partial charge on any atom is -0.325 e. The van der Waals surface area contributed by atoms with E-state index in [1.165, 1.54) is 25.0 Å². The van der Waals surface area contributed by atoms with Crippen LogP contribution in [0.25, 0.3) is 11.0 Å². The molecule has 0 unspecified atom stereocenters. The van der Waals surface area contributed by atoms with E-state index in [2.05, 4.69) is 9.55 Å². The summed E-state index contributed by atoms with van der Waals surface area (Å²) in [5.41, 5.74) is 1.83. The van der Waals surface area contributed by atoms with Gasteiger partial charge >= 0.3 is 0 Å². The Morgan fingerprint density at radius 3 is 2.93 bits per heavy atom. The Labute approximate surface area is 81.4 Å². The summed E-state index contributed by atoms with van der Waals surface area (Å²) in [5.74, 6) is 0.783. The molecule has 0 radical (unpaired) electrons. The Morgan fingerprint density at radius 1 is 1.43 bits per heavy atom. The molecule has 1 fully saturated rings. The molecule has 1 heterocycles. The van der Waals surface area contributed by atoms with E-state index >= 15 is 0 Å². The van der Waals surface area contributed by atoms with E-state index in [1.807, 2.05) is 13.0 Å². The second kappa shape index (κ2) is 2.56. The zero-order valence-corrected chi connectivity index (χ0v) is 8.00. The number of fused-ring (bicyclic) bond motifs is 1. The molecule has 0 aliphatic heterocycles. The lowest BCUT2D eigenvalue weighted by molar-refractivity contribution is 0.629. The highest BCUT2D eigenvalue weighted by molar-refractivity contribution is 5.76. The fraction of sp³-hybridized carbons (Fsp3) is 0.364. The monoisotopic (exact) mass is 190 g/mol. The quantitative estimate of drug-likeness (QED) is 0.676. The number of aryl methyl sites for hydroxylation is 1. The van der Waals surface area contributed by atoms with Crippen LogP contribution in [-0.2, 0) is 0 Å². The second-order valence-electron chi connectivity index (χ2n) is 3.89. The van der Waals surface area contributed by atoms with Gasteiger partial charge in [0.1, 0.15) is 11.6 Å². The molecule has 14 heavy (non-hydrogen) atoms. The van der Waals surface area contributed by atoms with E-state index in [0.29, 0.717) is 6.04 Å². The van der Waals surface area contributed by atoms with E-state index in [4.69, 9.17) is 0 Å². The maximum atomic E-state index is 12.9. The van der Waals surface area contributed by atoms with Crippen LogP contribution in [0.3, 0.4) is 0 Å². The van der Waals surface area contributed by atoms with Gasteiger partial charge in [-0.25, -0.2) is 9.37 Å². The van der Waals surface area contributed by atoms with Crippen LogP contribution in [0.5, 0.6) is 0 Å². The zero-order valence-electron chi connectivity index (χ0n) is 8.00. The van der Waals surface area contributed by atoms with Gasteiger partial charge in [0.05, 0.1) is 11.0 Å². The van der Waals surface area contributed by atoms with Crippen LogP contribution >= 0.6 is 0 Å². The summed E-state index contributed by atoms with van der Waals surface area (Å²) in [5, 5.41) is 0. The predicted octanol–water partition coefficient (Wildman–Crippen LogP) is 2.82. The van der Waals surface area contributed by atoms with Crippen LogP contribution in [0.2, 0.25) is 0 Å². The molecule has 1 aliphatic carbocycles. The lowest BCUT2D eigenvalue weighted by atomic mass is 10.3. The molecule has 72 valence electrons. The van der Waals surface area contributed by atoms with Crippen LogP contribution in [-0.4, -0.2) is 9.55 Å². The van der Waals surface area contributed by atoms with Crippen molar-refractivity contribution in [2.24, 2.45) is 0 Å². The van der Waals surface area contributed by atoms with Crippen molar-refractivity contribution in [1.82, 2.24) is 9.55 Å². The van der Waals surface area contributed by atoms with E-state index in [1.54, 1.807) is 0 Å². The molecule has 0 amide bonds. The molecular weight excluding hydrogens is 179 g/mol. The summed E-state index contributed by atoms with van der Waals surface area (Å²) in [4.78, 5) is 4.36. The average molecular weight is 190 g/mol. The van der Waals surface area contributed by atoms with Crippen molar-refractivity contribution in [2.45, 2.75) is 25.8 Å². The number of imidazole rings is 1. The third-order valence-corrected chi connectivity index (χ3v) is 2.74. The highest BCUT2D eigenvalue weighted by atomic mass is 19.1. The first-order valence-electron chi connectivity index (χ1n) is 4.90. The van der Waals surface area contributed by atoms with Crippen molar-refractivity contribution in [2.75, 3.05) is 0 Å². The lowest BCUT2D eigenvalue weighted by Crippen LogP contribution is -1.95. The number of aromatic nitrogens is 2.